The van der Waals surface area contributed by atoms with Gasteiger partial charge in [0.2, 0.25) is 5.91 Å². The fourth-order valence-electron chi connectivity index (χ4n) is 4.04. The Morgan fingerprint density at radius 2 is 1.57 bits per heavy atom. The summed E-state index contributed by atoms with van der Waals surface area (Å²) in [6, 6.07) is 24.8. The van der Waals surface area contributed by atoms with E-state index in [2.05, 4.69) is 10.6 Å². The fourth-order valence-corrected chi connectivity index (χ4v) is 4.80. The molecule has 4 aromatic rings. The summed E-state index contributed by atoms with van der Waals surface area (Å²) in [5, 5.41) is 9.38. The van der Waals surface area contributed by atoms with Crippen LogP contribution in [0.25, 0.3) is 10.8 Å². The zero-order chi connectivity index (χ0) is 26.0. The number of carbonyl (C=O) groups is 3. The van der Waals surface area contributed by atoms with Gasteiger partial charge < -0.3 is 20.1 Å². The molecule has 0 fully saturated rings. The number of nitrogens with one attached hydrogen (secondary N) is 2. The van der Waals surface area contributed by atoms with Crippen LogP contribution in [-0.4, -0.2) is 37.2 Å². The van der Waals surface area contributed by atoms with Gasteiger partial charge in [-0.15, -0.1) is 11.3 Å². The van der Waals surface area contributed by atoms with Crippen LogP contribution in [-0.2, 0) is 38.5 Å². The Morgan fingerprint density at radius 3 is 2.32 bits per heavy atom. The number of alkyl carbamates (subject to hydrolysis) is 1. The van der Waals surface area contributed by atoms with E-state index in [0.29, 0.717) is 0 Å². The number of esters is 1. The summed E-state index contributed by atoms with van der Waals surface area (Å²) >= 11 is 1.48. The van der Waals surface area contributed by atoms with E-state index in [-0.39, 0.29) is 19.4 Å². The van der Waals surface area contributed by atoms with Gasteiger partial charge in [-0.2, -0.15) is 0 Å². The molecule has 190 valence electrons. The summed E-state index contributed by atoms with van der Waals surface area (Å²) in [4.78, 5) is 39.6. The molecule has 0 aliphatic heterocycles. The summed E-state index contributed by atoms with van der Waals surface area (Å²) < 4.78 is 10.3. The zero-order valence-electron chi connectivity index (χ0n) is 20.4. The molecule has 0 aliphatic carbocycles. The molecule has 1 heterocycles. The minimum absolute atomic E-state index is 0.0679. The number of thiophene rings is 1. The van der Waals surface area contributed by atoms with Gasteiger partial charge in [0.25, 0.3) is 0 Å². The fraction of sp³-hybridized carbons (Fsp3) is 0.207. The number of carbonyl (C=O) groups excluding carboxylic acids is 3. The van der Waals surface area contributed by atoms with Crippen LogP contribution in [0.5, 0.6) is 0 Å². The number of fused-ring (bicyclic) bond motifs is 1. The normalized spacial score (nSPS) is 12.4. The highest BCUT2D eigenvalue weighted by molar-refractivity contribution is 7.09. The van der Waals surface area contributed by atoms with Crippen LogP contribution in [0, 0.1) is 0 Å². The van der Waals surface area contributed by atoms with E-state index >= 15 is 0 Å². The Balaban J connectivity index is 1.53. The smallest absolute Gasteiger partial charge is 0.408 e. The van der Waals surface area contributed by atoms with Crippen molar-refractivity contribution in [1.29, 1.82) is 0 Å². The second-order valence-corrected chi connectivity index (χ2v) is 9.50. The zero-order valence-corrected chi connectivity index (χ0v) is 21.2. The molecular formula is C29H28N2O5S. The third-order valence-electron chi connectivity index (χ3n) is 5.91. The number of hydrogen-bond acceptors (Lipinski definition) is 6. The number of hydrogen-bond donors (Lipinski definition) is 2. The molecule has 3 aromatic carbocycles. The van der Waals surface area contributed by atoms with Crippen molar-refractivity contribution in [1.82, 2.24) is 10.6 Å². The van der Waals surface area contributed by atoms with Crippen molar-refractivity contribution < 1.29 is 23.9 Å². The van der Waals surface area contributed by atoms with E-state index in [1.807, 2.05) is 90.3 Å². The molecule has 0 saturated carbocycles. The molecule has 7 nitrogen and oxygen atoms in total. The average Bonchev–Trinajstić information content (AvgIpc) is 3.44. The van der Waals surface area contributed by atoms with Crippen molar-refractivity contribution >= 4 is 40.1 Å². The van der Waals surface area contributed by atoms with Crippen molar-refractivity contribution in [3.05, 3.63) is 106 Å². The lowest BCUT2D eigenvalue weighted by molar-refractivity contribution is -0.145. The highest BCUT2D eigenvalue weighted by atomic mass is 32.1. The second kappa shape index (κ2) is 12.7. The maximum absolute atomic E-state index is 13.5. The second-order valence-electron chi connectivity index (χ2n) is 8.47. The van der Waals surface area contributed by atoms with Gasteiger partial charge in [0.1, 0.15) is 18.7 Å². The van der Waals surface area contributed by atoms with E-state index in [1.165, 1.54) is 18.4 Å². The van der Waals surface area contributed by atoms with Gasteiger partial charge in [-0.3, -0.25) is 4.79 Å². The minimum Gasteiger partial charge on any atom is -0.467 e. The van der Waals surface area contributed by atoms with Crippen molar-refractivity contribution in [3.8, 4) is 0 Å². The van der Waals surface area contributed by atoms with E-state index in [1.54, 1.807) is 0 Å². The quantitative estimate of drug-likeness (QED) is 0.300. The molecule has 1 aromatic heterocycles. The molecule has 0 aliphatic rings. The highest BCUT2D eigenvalue weighted by Gasteiger charge is 2.29. The number of ether oxygens (including phenoxy) is 2. The first-order valence-electron chi connectivity index (χ1n) is 11.9. The van der Waals surface area contributed by atoms with Gasteiger partial charge in [0, 0.05) is 17.7 Å². The molecule has 1 unspecified atom stereocenters. The number of methoxy groups -OCH3 is 1. The molecule has 0 spiro atoms. The van der Waals surface area contributed by atoms with Crippen LogP contribution in [0.3, 0.4) is 0 Å². The number of rotatable bonds is 10. The Bertz CT molecular complexity index is 1340. The molecular weight excluding hydrogens is 488 g/mol. The van der Waals surface area contributed by atoms with Crippen molar-refractivity contribution in [3.63, 3.8) is 0 Å². The van der Waals surface area contributed by atoms with E-state index in [4.69, 9.17) is 9.47 Å². The standard InChI is InChI=1S/C29H28N2O5S/c1-35-28(33)26(18-23-14-8-16-37-23)30-27(32)25(31-29(34)36-19-20-9-3-2-4-10-20)17-22-13-7-12-21-11-5-6-15-24(21)22/h2-16,25-26H,17-19H2,1H3,(H,30,32)(H,31,34)/t25-,26?/m0/s1. The third kappa shape index (κ3) is 7.17. The third-order valence-corrected chi connectivity index (χ3v) is 6.81. The van der Waals surface area contributed by atoms with Gasteiger partial charge in [-0.25, -0.2) is 9.59 Å². The van der Waals surface area contributed by atoms with Gasteiger partial charge in [0.15, 0.2) is 0 Å². The van der Waals surface area contributed by atoms with Gasteiger partial charge in [-0.05, 0) is 33.3 Å². The van der Waals surface area contributed by atoms with Crippen LogP contribution >= 0.6 is 11.3 Å². The lowest BCUT2D eigenvalue weighted by Gasteiger charge is -2.22. The highest BCUT2D eigenvalue weighted by Crippen LogP contribution is 2.20. The van der Waals surface area contributed by atoms with Crippen LogP contribution in [0.4, 0.5) is 4.79 Å². The van der Waals surface area contributed by atoms with Crippen LogP contribution < -0.4 is 10.6 Å². The first kappa shape index (κ1) is 25.9. The molecule has 8 heteroatoms. The molecule has 2 N–H and O–H groups in total. The summed E-state index contributed by atoms with van der Waals surface area (Å²) in [6.07, 6.45) is -0.229. The first-order chi connectivity index (χ1) is 18.0. The molecule has 0 bridgehead atoms. The number of benzene rings is 3. The van der Waals surface area contributed by atoms with Crippen molar-refractivity contribution in [2.75, 3.05) is 7.11 Å². The van der Waals surface area contributed by atoms with Crippen LogP contribution in [0.1, 0.15) is 16.0 Å². The summed E-state index contributed by atoms with van der Waals surface area (Å²) in [5.41, 5.74) is 1.71. The van der Waals surface area contributed by atoms with Gasteiger partial charge in [-0.1, -0.05) is 78.9 Å². The Morgan fingerprint density at radius 1 is 0.811 bits per heavy atom. The predicted molar refractivity (Wildman–Crippen MR) is 143 cm³/mol. The molecule has 0 radical (unpaired) electrons. The minimum atomic E-state index is -0.982. The molecule has 0 saturated heterocycles. The lowest BCUT2D eigenvalue weighted by atomic mass is 9.98. The molecule has 2 amide bonds. The van der Waals surface area contributed by atoms with Crippen LogP contribution in [0.15, 0.2) is 90.3 Å². The predicted octanol–water partition coefficient (Wildman–Crippen LogP) is 4.64. The maximum Gasteiger partial charge on any atom is 0.408 e. The van der Waals surface area contributed by atoms with Crippen molar-refractivity contribution in [2.45, 2.75) is 31.5 Å². The summed E-state index contributed by atoms with van der Waals surface area (Å²) in [5.74, 6) is -1.06. The number of amides is 2. The summed E-state index contributed by atoms with van der Waals surface area (Å²) in [6.45, 7) is 0.0679. The Hall–Kier alpha value is -4.17. The van der Waals surface area contributed by atoms with Gasteiger partial charge >= 0.3 is 12.1 Å². The Labute approximate surface area is 219 Å². The van der Waals surface area contributed by atoms with Gasteiger partial charge in [0.05, 0.1) is 7.11 Å². The average molecular weight is 517 g/mol. The Kier molecular flexibility index (Phi) is 8.89. The monoisotopic (exact) mass is 516 g/mol. The summed E-state index contributed by atoms with van der Waals surface area (Å²) in [7, 11) is 1.28. The largest absolute Gasteiger partial charge is 0.467 e. The van der Waals surface area contributed by atoms with Crippen molar-refractivity contribution in [2.24, 2.45) is 0 Å². The topological polar surface area (TPSA) is 93.7 Å². The van der Waals surface area contributed by atoms with Crippen LogP contribution in [0.2, 0.25) is 0 Å². The van der Waals surface area contributed by atoms with E-state index < -0.39 is 30.1 Å². The maximum atomic E-state index is 13.5. The van der Waals surface area contributed by atoms with E-state index in [0.717, 1.165) is 26.8 Å². The SMILES string of the molecule is COC(=O)C(Cc1cccs1)NC(=O)[C@H](Cc1cccc2ccccc12)NC(=O)OCc1ccccc1. The molecule has 4 rings (SSSR count). The molecule has 37 heavy (non-hydrogen) atoms. The molecule has 2 atom stereocenters. The lowest BCUT2D eigenvalue weighted by Crippen LogP contribution is -2.53. The first-order valence-corrected chi connectivity index (χ1v) is 12.8. The van der Waals surface area contributed by atoms with E-state index in [9.17, 15) is 14.4 Å².